The molecule has 7 heteroatoms. The molecule has 1 aromatic carbocycles. The highest BCUT2D eigenvalue weighted by Crippen LogP contribution is 2.21. The molecule has 6 nitrogen and oxygen atoms in total. The van der Waals surface area contributed by atoms with Crippen LogP contribution in [0.3, 0.4) is 0 Å². The van der Waals surface area contributed by atoms with Crippen molar-refractivity contribution >= 4 is 9.84 Å². The van der Waals surface area contributed by atoms with Gasteiger partial charge in [0.1, 0.15) is 0 Å². The second-order valence-corrected chi connectivity index (χ2v) is 6.09. The summed E-state index contributed by atoms with van der Waals surface area (Å²) in [6.07, 6.45) is 5.86. The minimum Gasteiger partial charge on any atom is -0.271 e. The maximum atomic E-state index is 11.6. The summed E-state index contributed by atoms with van der Waals surface area (Å²) >= 11 is 0. The Morgan fingerprint density at radius 2 is 2.11 bits per heavy atom. The minimum absolute atomic E-state index is 0.245. The predicted octanol–water partition coefficient (Wildman–Crippen LogP) is 0.433. The molecule has 1 atom stereocenters. The molecule has 1 aromatic heterocycles. The molecule has 1 unspecified atom stereocenters. The predicted molar refractivity (Wildman–Crippen MR) is 70.7 cm³/mol. The summed E-state index contributed by atoms with van der Waals surface area (Å²) in [5.41, 5.74) is 3.95. The van der Waals surface area contributed by atoms with Crippen LogP contribution >= 0.6 is 0 Å². The second-order valence-electron chi connectivity index (χ2n) is 4.07. The van der Waals surface area contributed by atoms with Crippen molar-refractivity contribution in [3.05, 3.63) is 54.1 Å². The molecule has 0 spiro atoms. The third-order valence-electron chi connectivity index (χ3n) is 2.67. The number of hydrazine groups is 1. The van der Waals surface area contributed by atoms with Gasteiger partial charge < -0.3 is 0 Å². The fraction of sp³-hybridized carbons (Fsp3) is 0.167. The van der Waals surface area contributed by atoms with Gasteiger partial charge in [-0.3, -0.25) is 15.8 Å². The van der Waals surface area contributed by atoms with E-state index in [0.717, 1.165) is 0 Å². The summed E-state index contributed by atoms with van der Waals surface area (Å²) in [6, 6.07) is 6.17. The Morgan fingerprint density at radius 3 is 2.68 bits per heavy atom. The number of hydrogen-bond donors (Lipinski definition) is 2. The summed E-state index contributed by atoms with van der Waals surface area (Å²) in [5, 5.41) is 0. The van der Waals surface area contributed by atoms with Gasteiger partial charge in [-0.05, 0) is 17.7 Å². The third kappa shape index (κ3) is 3.14. The van der Waals surface area contributed by atoms with Crippen molar-refractivity contribution in [2.24, 2.45) is 5.84 Å². The maximum Gasteiger partial charge on any atom is 0.175 e. The van der Waals surface area contributed by atoms with Crippen LogP contribution in [-0.4, -0.2) is 24.6 Å². The lowest BCUT2D eigenvalue weighted by atomic mass is 10.1. The monoisotopic (exact) mass is 278 g/mol. The first kappa shape index (κ1) is 13.6. The van der Waals surface area contributed by atoms with Crippen molar-refractivity contribution in [3.8, 4) is 0 Å². The summed E-state index contributed by atoms with van der Waals surface area (Å²) in [7, 11) is -3.25. The molecular weight excluding hydrogens is 264 g/mol. The van der Waals surface area contributed by atoms with Gasteiger partial charge in [-0.25, -0.2) is 13.8 Å². The first-order valence-corrected chi connectivity index (χ1v) is 7.43. The normalized spacial score (nSPS) is 13.2. The van der Waals surface area contributed by atoms with Crippen LogP contribution in [0.1, 0.15) is 17.3 Å². The average Bonchev–Trinajstić information content (AvgIpc) is 2.40. The number of nitrogens with zero attached hydrogens (tertiary/aromatic N) is 2. The van der Waals surface area contributed by atoms with Crippen LogP contribution in [0.25, 0.3) is 0 Å². The van der Waals surface area contributed by atoms with Crippen molar-refractivity contribution < 1.29 is 8.42 Å². The molecule has 100 valence electrons. The van der Waals surface area contributed by atoms with E-state index < -0.39 is 15.9 Å². The number of nitrogens with two attached hydrogens (primary N) is 1. The van der Waals surface area contributed by atoms with Gasteiger partial charge in [0.2, 0.25) is 0 Å². The number of sulfone groups is 1. The van der Waals surface area contributed by atoms with Crippen molar-refractivity contribution in [3.63, 3.8) is 0 Å². The van der Waals surface area contributed by atoms with Crippen LogP contribution in [0.5, 0.6) is 0 Å². The van der Waals surface area contributed by atoms with Gasteiger partial charge in [0, 0.05) is 18.6 Å². The fourth-order valence-electron chi connectivity index (χ4n) is 1.74. The van der Waals surface area contributed by atoms with E-state index in [1.807, 2.05) is 0 Å². The molecule has 0 saturated heterocycles. The van der Waals surface area contributed by atoms with Crippen LogP contribution < -0.4 is 11.3 Å². The number of rotatable bonds is 4. The number of aromatic nitrogens is 2. The first-order valence-electron chi connectivity index (χ1n) is 5.54. The summed E-state index contributed by atoms with van der Waals surface area (Å²) in [4.78, 5) is 8.38. The Bertz CT molecular complexity index is 658. The summed E-state index contributed by atoms with van der Waals surface area (Å²) in [6.45, 7) is 0. The smallest absolute Gasteiger partial charge is 0.175 e. The largest absolute Gasteiger partial charge is 0.271 e. The molecule has 3 N–H and O–H groups in total. The molecule has 0 aliphatic heterocycles. The van der Waals surface area contributed by atoms with Crippen molar-refractivity contribution in [2.45, 2.75) is 10.9 Å². The van der Waals surface area contributed by atoms with E-state index in [0.29, 0.717) is 11.3 Å². The molecule has 0 radical (unpaired) electrons. The lowest BCUT2D eigenvalue weighted by Crippen LogP contribution is -2.29. The van der Waals surface area contributed by atoms with E-state index in [9.17, 15) is 8.42 Å². The average molecular weight is 278 g/mol. The van der Waals surface area contributed by atoms with Gasteiger partial charge in [0.15, 0.2) is 9.84 Å². The van der Waals surface area contributed by atoms with E-state index in [1.54, 1.807) is 42.9 Å². The first-order chi connectivity index (χ1) is 9.02. The van der Waals surface area contributed by atoms with E-state index in [1.165, 1.54) is 6.26 Å². The highest BCUT2D eigenvalue weighted by molar-refractivity contribution is 7.90. The Morgan fingerprint density at radius 1 is 1.32 bits per heavy atom. The van der Waals surface area contributed by atoms with E-state index in [2.05, 4.69) is 15.4 Å². The van der Waals surface area contributed by atoms with Crippen molar-refractivity contribution in [1.29, 1.82) is 0 Å². The SMILES string of the molecule is CS(=O)(=O)c1cccc(C(NN)c2cnccn2)c1. The van der Waals surface area contributed by atoms with Gasteiger partial charge in [0.25, 0.3) is 0 Å². The lowest BCUT2D eigenvalue weighted by molar-refractivity contribution is 0.599. The Labute approximate surface area is 111 Å². The van der Waals surface area contributed by atoms with E-state index in [4.69, 9.17) is 5.84 Å². The minimum atomic E-state index is -3.25. The lowest BCUT2D eigenvalue weighted by Gasteiger charge is -2.15. The van der Waals surface area contributed by atoms with Gasteiger partial charge in [-0.1, -0.05) is 12.1 Å². The van der Waals surface area contributed by atoms with Crippen LogP contribution in [0.15, 0.2) is 47.8 Å². The molecule has 0 aliphatic carbocycles. The van der Waals surface area contributed by atoms with Crippen LogP contribution in [-0.2, 0) is 9.84 Å². The molecule has 0 fully saturated rings. The number of hydrogen-bond acceptors (Lipinski definition) is 6. The number of nitrogens with one attached hydrogen (secondary N) is 1. The highest BCUT2D eigenvalue weighted by Gasteiger charge is 2.16. The van der Waals surface area contributed by atoms with E-state index >= 15 is 0 Å². The van der Waals surface area contributed by atoms with Crippen LogP contribution in [0.2, 0.25) is 0 Å². The van der Waals surface area contributed by atoms with E-state index in [-0.39, 0.29) is 4.90 Å². The quantitative estimate of drug-likeness (QED) is 0.622. The molecule has 0 aliphatic rings. The zero-order valence-electron chi connectivity index (χ0n) is 10.3. The van der Waals surface area contributed by atoms with Gasteiger partial charge in [-0.2, -0.15) is 0 Å². The molecular formula is C12H14N4O2S. The second kappa shape index (κ2) is 5.43. The van der Waals surface area contributed by atoms with Crippen molar-refractivity contribution in [1.82, 2.24) is 15.4 Å². The zero-order chi connectivity index (χ0) is 13.9. The molecule has 0 amide bonds. The van der Waals surface area contributed by atoms with Crippen LogP contribution in [0.4, 0.5) is 0 Å². The van der Waals surface area contributed by atoms with Crippen LogP contribution in [0, 0.1) is 0 Å². The third-order valence-corrected chi connectivity index (χ3v) is 3.78. The Balaban J connectivity index is 2.45. The molecule has 2 aromatic rings. The topological polar surface area (TPSA) is 98.0 Å². The maximum absolute atomic E-state index is 11.6. The van der Waals surface area contributed by atoms with Crippen molar-refractivity contribution in [2.75, 3.05) is 6.26 Å². The van der Waals surface area contributed by atoms with Gasteiger partial charge in [-0.15, -0.1) is 0 Å². The molecule has 1 heterocycles. The number of benzene rings is 1. The Hall–Kier alpha value is -1.83. The Kier molecular flexibility index (Phi) is 3.89. The standard InChI is InChI=1S/C12H14N4O2S/c1-19(17,18)10-4-2-3-9(7-10)12(16-13)11-8-14-5-6-15-11/h2-8,12,16H,13H2,1H3. The fourth-order valence-corrected chi connectivity index (χ4v) is 2.41. The molecule has 19 heavy (non-hydrogen) atoms. The van der Waals surface area contributed by atoms with Gasteiger partial charge in [0.05, 0.1) is 22.8 Å². The molecule has 0 saturated carbocycles. The summed E-state index contributed by atoms with van der Waals surface area (Å²) < 4.78 is 23.1. The highest BCUT2D eigenvalue weighted by atomic mass is 32.2. The molecule has 0 bridgehead atoms. The van der Waals surface area contributed by atoms with Gasteiger partial charge >= 0.3 is 0 Å². The summed E-state index contributed by atoms with van der Waals surface area (Å²) in [5.74, 6) is 5.53. The zero-order valence-corrected chi connectivity index (χ0v) is 11.1. The molecule has 2 rings (SSSR count).